The summed E-state index contributed by atoms with van der Waals surface area (Å²) in [6.07, 6.45) is 13.3. The smallest absolute Gasteiger partial charge is 0.306 e. The average Bonchev–Trinajstić information content (AvgIpc) is 3.05. The summed E-state index contributed by atoms with van der Waals surface area (Å²) in [6.45, 7) is 13.3. The van der Waals surface area contributed by atoms with Gasteiger partial charge in [-0.2, -0.15) is 0 Å². The van der Waals surface area contributed by atoms with Gasteiger partial charge in [-0.15, -0.1) is 0 Å². The van der Waals surface area contributed by atoms with E-state index in [0.717, 1.165) is 38.5 Å². The predicted octanol–water partition coefficient (Wildman–Crippen LogP) is 6.68. The van der Waals surface area contributed by atoms with Gasteiger partial charge in [0.25, 0.3) is 0 Å². The molecule has 3 heteroatoms. The highest BCUT2D eigenvalue weighted by Crippen LogP contribution is 2.67. The number of carbonyl (C=O) groups excluding carboxylic acids is 1. The predicted molar refractivity (Wildman–Crippen MR) is 124 cm³/mol. The summed E-state index contributed by atoms with van der Waals surface area (Å²) in [4.78, 5) is 24.4. The number of hydrogen-bond acceptors (Lipinski definition) is 2. The third-order valence-corrected chi connectivity index (χ3v) is 10.5. The minimum absolute atomic E-state index is 0.140. The number of ketones is 1. The number of allylic oxidation sites excluding steroid dienone is 3. The second-order valence-electron chi connectivity index (χ2n) is 12.0. The molecule has 0 heterocycles. The first-order valence-corrected chi connectivity index (χ1v) is 12.7. The van der Waals surface area contributed by atoms with Gasteiger partial charge in [-0.3, -0.25) is 9.59 Å². The summed E-state index contributed by atoms with van der Waals surface area (Å²) in [6, 6.07) is 0. The van der Waals surface area contributed by atoms with Gasteiger partial charge in [0.1, 0.15) is 0 Å². The van der Waals surface area contributed by atoms with Gasteiger partial charge < -0.3 is 5.11 Å². The van der Waals surface area contributed by atoms with Crippen molar-refractivity contribution in [1.29, 1.82) is 0 Å². The highest BCUT2D eigenvalue weighted by atomic mass is 16.4. The molecule has 0 aromatic heterocycles. The van der Waals surface area contributed by atoms with Crippen molar-refractivity contribution in [3.05, 3.63) is 24.3 Å². The zero-order valence-electron chi connectivity index (χ0n) is 20.0. The Kier molecular flexibility index (Phi) is 6.03. The summed E-state index contributed by atoms with van der Waals surface area (Å²) in [5, 5.41) is 10.2. The number of hydrogen-bond donors (Lipinski definition) is 1. The zero-order chi connectivity index (χ0) is 22.6. The van der Waals surface area contributed by atoms with Gasteiger partial charge in [-0.1, -0.05) is 45.9 Å². The maximum atomic E-state index is 12.4. The molecule has 0 saturated heterocycles. The Morgan fingerprint density at radius 1 is 1.16 bits per heavy atom. The fourth-order valence-corrected chi connectivity index (χ4v) is 8.46. The van der Waals surface area contributed by atoms with Crippen molar-refractivity contribution in [2.24, 2.45) is 52.3 Å². The molecule has 4 rings (SSSR count). The molecule has 4 aliphatic carbocycles. The number of carboxylic acids is 1. The Morgan fingerprint density at radius 2 is 1.90 bits per heavy atom. The van der Waals surface area contributed by atoms with Crippen LogP contribution in [0.2, 0.25) is 0 Å². The van der Waals surface area contributed by atoms with Crippen LogP contribution in [0.25, 0.3) is 0 Å². The summed E-state index contributed by atoms with van der Waals surface area (Å²) < 4.78 is 0. The Balaban J connectivity index is 1.55. The quantitative estimate of drug-likeness (QED) is 0.482. The minimum atomic E-state index is -0.602. The van der Waals surface area contributed by atoms with Crippen LogP contribution >= 0.6 is 0 Å². The van der Waals surface area contributed by atoms with Crippen LogP contribution in [0.4, 0.5) is 0 Å². The van der Waals surface area contributed by atoms with Gasteiger partial charge in [-0.05, 0) is 104 Å². The molecule has 31 heavy (non-hydrogen) atoms. The fraction of sp³-hybridized carbons (Fsp3) is 0.786. The van der Waals surface area contributed by atoms with Crippen LogP contribution in [0.15, 0.2) is 24.3 Å². The Bertz CT molecular complexity index is 779. The van der Waals surface area contributed by atoms with Crippen molar-refractivity contribution in [2.45, 2.75) is 85.5 Å². The number of fused-ring (bicyclic) bond motifs is 5. The van der Waals surface area contributed by atoms with Gasteiger partial charge in [0, 0.05) is 6.42 Å². The second-order valence-corrected chi connectivity index (χ2v) is 12.0. The highest BCUT2D eigenvalue weighted by Gasteiger charge is 2.60. The van der Waals surface area contributed by atoms with E-state index in [1.807, 2.05) is 6.08 Å². The SMILES string of the molecule is C=C(CC[C@@H](C(=O)O)[C@H]1CC[C@H]2[C@@H]3CC[C@H]4CC(=O)C=C[C@]4(C)[C@H]3CC[C@]12C)C(C)C. The topological polar surface area (TPSA) is 54.4 Å². The van der Waals surface area contributed by atoms with Crippen LogP contribution in [0, 0.1) is 52.3 Å². The van der Waals surface area contributed by atoms with E-state index in [9.17, 15) is 14.7 Å². The van der Waals surface area contributed by atoms with Crippen molar-refractivity contribution in [3.63, 3.8) is 0 Å². The fourth-order valence-electron chi connectivity index (χ4n) is 8.46. The largest absolute Gasteiger partial charge is 0.481 e. The van der Waals surface area contributed by atoms with Gasteiger partial charge in [0.05, 0.1) is 5.92 Å². The lowest BCUT2D eigenvalue weighted by Gasteiger charge is -2.59. The van der Waals surface area contributed by atoms with E-state index in [2.05, 4.69) is 40.3 Å². The Labute approximate surface area is 188 Å². The van der Waals surface area contributed by atoms with Gasteiger partial charge in [0.2, 0.25) is 0 Å². The molecule has 0 amide bonds. The van der Waals surface area contributed by atoms with E-state index in [-0.39, 0.29) is 22.7 Å². The summed E-state index contributed by atoms with van der Waals surface area (Å²) in [5.41, 5.74) is 1.47. The molecular weight excluding hydrogens is 384 g/mol. The van der Waals surface area contributed by atoms with Gasteiger partial charge in [-0.25, -0.2) is 0 Å². The molecule has 0 aliphatic heterocycles. The monoisotopic (exact) mass is 426 g/mol. The van der Waals surface area contributed by atoms with Crippen molar-refractivity contribution >= 4 is 11.8 Å². The summed E-state index contributed by atoms with van der Waals surface area (Å²) >= 11 is 0. The molecule has 8 atom stereocenters. The summed E-state index contributed by atoms with van der Waals surface area (Å²) in [7, 11) is 0. The first-order valence-electron chi connectivity index (χ1n) is 12.7. The van der Waals surface area contributed by atoms with Crippen LogP contribution in [0.1, 0.15) is 85.5 Å². The maximum Gasteiger partial charge on any atom is 0.306 e. The molecule has 0 radical (unpaired) electrons. The van der Waals surface area contributed by atoms with E-state index < -0.39 is 5.97 Å². The molecule has 1 N–H and O–H groups in total. The minimum Gasteiger partial charge on any atom is -0.481 e. The first-order chi connectivity index (χ1) is 14.6. The maximum absolute atomic E-state index is 12.4. The third-order valence-electron chi connectivity index (χ3n) is 10.5. The summed E-state index contributed by atoms with van der Waals surface area (Å²) in [5.74, 6) is 2.62. The lowest BCUT2D eigenvalue weighted by Crippen LogP contribution is -2.53. The van der Waals surface area contributed by atoms with Crippen molar-refractivity contribution in [2.75, 3.05) is 0 Å². The standard InChI is InChI=1S/C28H42O3/c1-17(2)18(3)6-8-22(26(30)31)24-11-10-23-21-9-7-19-16-20(29)12-14-27(19,4)25(21)13-15-28(23,24)5/h12,14,17,19,21-25H,3,6-11,13,15-16H2,1-2,4-5H3,(H,30,31)/t19-,21-,22+,23-,24+,25-,27-,28-/m0/s1. The van der Waals surface area contributed by atoms with Crippen molar-refractivity contribution in [1.82, 2.24) is 0 Å². The molecule has 4 aliphatic rings. The van der Waals surface area contributed by atoms with Crippen LogP contribution in [0.3, 0.4) is 0 Å². The molecule has 3 saturated carbocycles. The third kappa shape index (κ3) is 3.74. The van der Waals surface area contributed by atoms with Gasteiger partial charge in [0.15, 0.2) is 5.78 Å². The van der Waals surface area contributed by atoms with Gasteiger partial charge >= 0.3 is 5.97 Å². The van der Waals surface area contributed by atoms with E-state index in [1.54, 1.807) is 0 Å². The van der Waals surface area contributed by atoms with E-state index in [1.165, 1.54) is 24.8 Å². The molecular formula is C28H42O3. The van der Waals surface area contributed by atoms with Crippen LogP contribution < -0.4 is 0 Å². The van der Waals surface area contributed by atoms with Crippen LogP contribution in [-0.2, 0) is 9.59 Å². The number of aliphatic carboxylic acids is 1. The lowest BCUT2D eigenvalue weighted by atomic mass is 9.45. The zero-order valence-corrected chi connectivity index (χ0v) is 20.0. The van der Waals surface area contributed by atoms with E-state index >= 15 is 0 Å². The van der Waals surface area contributed by atoms with E-state index in [4.69, 9.17) is 0 Å². The van der Waals surface area contributed by atoms with E-state index in [0.29, 0.717) is 35.4 Å². The molecule has 3 nitrogen and oxygen atoms in total. The van der Waals surface area contributed by atoms with Crippen molar-refractivity contribution < 1.29 is 14.7 Å². The molecule has 0 spiro atoms. The lowest BCUT2D eigenvalue weighted by molar-refractivity contribution is -0.148. The molecule has 0 bridgehead atoms. The normalized spacial score (nSPS) is 42.6. The molecule has 172 valence electrons. The first kappa shape index (κ1) is 22.8. The van der Waals surface area contributed by atoms with Crippen LogP contribution in [-0.4, -0.2) is 16.9 Å². The number of carbonyl (C=O) groups is 2. The Hall–Kier alpha value is -1.38. The molecule has 3 fully saturated rings. The average molecular weight is 427 g/mol. The highest BCUT2D eigenvalue weighted by molar-refractivity contribution is 5.91. The molecule has 0 unspecified atom stereocenters. The van der Waals surface area contributed by atoms with Crippen LogP contribution in [0.5, 0.6) is 0 Å². The number of carboxylic acid groups (broad SMARTS) is 1. The molecule has 0 aromatic carbocycles. The molecule has 0 aromatic rings. The van der Waals surface area contributed by atoms with Crippen molar-refractivity contribution in [3.8, 4) is 0 Å². The second kappa shape index (κ2) is 8.19. The Morgan fingerprint density at radius 3 is 2.58 bits per heavy atom. The number of rotatable bonds is 6.